The van der Waals surface area contributed by atoms with Gasteiger partial charge in [0.1, 0.15) is 0 Å². The zero-order valence-electron chi connectivity index (χ0n) is 9.50. The molecule has 0 spiro atoms. The molecule has 1 fully saturated rings. The monoisotopic (exact) mass is 219 g/mol. The highest BCUT2D eigenvalue weighted by Crippen LogP contribution is 2.37. The van der Waals surface area contributed by atoms with Crippen molar-refractivity contribution in [2.75, 3.05) is 6.26 Å². The second-order valence-corrected chi connectivity index (χ2v) is 7.47. The molecule has 0 bridgehead atoms. The molecule has 0 aromatic carbocycles. The molecular weight excluding hydrogens is 198 g/mol. The summed E-state index contributed by atoms with van der Waals surface area (Å²) in [5, 5.41) is 0. The highest BCUT2D eigenvalue weighted by atomic mass is 32.2. The Kier molecular flexibility index (Phi) is 3.26. The lowest BCUT2D eigenvalue weighted by Gasteiger charge is -2.38. The van der Waals surface area contributed by atoms with Gasteiger partial charge in [-0.3, -0.25) is 0 Å². The third-order valence-corrected chi connectivity index (χ3v) is 3.28. The first kappa shape index (κ1) is 12.0. The van der Waals surface area contributed by atoms with E-state index in [4.69, 9.17) is 0 Å². The molecule has 1 aliphatic rings. The van der Waals surface area contributed by atoms with Crippen molar-refractivity contribution in [1.29, 1.82) is 0 Å². The summed E-state index contributed by atoms with van der Waals surface area (Å²) in [6.45, 7) is 6.68. The number of hydrogen-bond donors (Lipinski definition) is 1. The quantitative estimate of drug-likeness (QED) is 0.786. The molecule has 0 amide bonds. The first-order valence-electron chi connectivity index (χ1n) is 5.13. The Morgan fingerprint density at radius 3 is 2.14 bits per heavy atom. The van der Waals surface area contributed by atoms with Crippen LogP contribution in [-0.4, -0.2) is 20.7 Å². The van der Waals surface area contributed by atoms with E-state index in [9.17, 15) is 8.42 Å². The zero-order valence-corrected chi connectivity index (χ0v) is 10.3. The molecule has 4 heteroatoms. The maximum absolute atomic E-state index is 10.9. The second-order valence-electron chi connectivity index (χ2n) is 5.69. The van der Waals surface area contributed by atoms with Gasteiger partial charge in [-0.15, -0.1) is 0 Å². The van der Waals surface area contributed by atoms with Crippen LogP contribution >= 0.6 is 0 Å². The van der Waals surface area contributed by atoms with Crippen LogP contribution in [0.5, 0.6) is 0 Å². The summed E-state index contributed by atoms with van der Waals surface area (Å²) in [6, 6.07) is 0.192. The highest BCUT2D eigenvalue weighted by molar-refractivity contribution is 7.88. The zero-order chi connectivity index (χ0) is 11.0. The summed E-state index contributed by atoms with van der Waals surface area (Å²) in [5.41, 5.74) is 0.362. The van der Waals surface area contributed by atoms with Crippen LogP contribution in [-0.2, 0) is 10.0 Å². The molecule has 0 heterocycles. The standard InChI is InChI=1S/C10H21NO2S/c1-10(2,3)7-8-5-9(6-8)11-14(4,12)13/h8-9,11H,5-7H2,1-4H3/t8-,9+. The van der Waals surface area contributed by atoms with E-state index < -0.39 is 10.0 Å². The van der Waals surface area contributed by atoms with E-state index in [-0.39, 0.29) is 6.04 Å². The molecule has 1 N–H and O–H groups in total. The summed E-state index contributed by atoms with van der Waals surface area (Å²) in [6.07, 6.45) is 4.42. The third kappa shape index (κ3) is 4.42. The molecule has 1 saturated carbocycles. The summed E-state index contributed by atoms with van der Waals surface area (Å²) in [5.74, 6) is 0.703. The maximum atomic E-state index is 10.9. The van der Waals surface area contributed by atoms with Crippen molar-refractivity contribution in [2.45, 2.75) is 46.1 Å². The molecule has 1 rings (SSSR count). The number of hydrogen-bond acceptors (Lipinski definition) is 2. The SMILES string of the molecule is CC(C)(C)C[C@H]1C[C@@H](NS(C)(=O)=O)C1. The highest BCUT2D eigenvalue weighted by Gasteiger charge is 2.33. The van der Waals surface area contributed by atoms with Crippen molar-refractivity contribution in [3.8, 4) is 0 Å². The molecule has 0 radical (unpaired) electrons. The van der Waals surface area contributed by atoms with Gasteiger partial charge in [0.05, 0.1) is 6.26 Å². The minimum atomic E-state index is -3.00. The van der Waals surface area contributed by atoms with Crippen molar-refractivity contribution in [3.63, 3.8) is 0 Å². The van der Waals surface area contributed by atoms with Gasteiger partial charge in [0.2, 0.25) is 10.0 Å². The van der Waals surface area contributed by atoms with Crippen molar-refractivity contribution in [2.24, 2.45) is 11.3 Å². The van der Waals surface area contributed by atoms with Crippen LogP contribution in [0.1, 0.15) is 40.0 Å². The van der Waals surface area contributed by atoms with E-state index in [1.807, 2.05) is 0 Å². The van der Waals surface area contributed by atoms with Gasteiger partial charge in [0.25, 0.3) is 0 Å². The Hall–Kier alpha value is -0.0900. The van der Waals surface area contributed by atoms with E-state index in [0.717, 1.165) is 12.8 Å². The molecule has 3 nitrogen and oxygen atoms in total. The summed E-state index contributed by atoms with van der Waals surface area (Å²) in [7, 11) is -3.00. The number of nitrogens with one attached hydrogen (secondary N) is 1. The minimum Gasteiger partial charge on any atom is -0.213 e. The second kappa shape index (κ2) is 3.81. The third-order valence-electron chi connectivity index (χ3n) is 2.52. The van der Waals surface area contributed by atoms with E-state index in [1.165, 1.54) is 12.7 Å². The Morgan fingerprint density at radius 1 is 1.29 bits per heavy atom. The van der Waals surface area contributed by atoms with Crippen LogP contribution < -0.4 is 4.72 Å². The fourth-order valence-corrected chi connectivity index (χ4v) is 2.97. The number of sulfonamides is 1. The molecular formula is C10H21NO2S. The average Bonchev–Trinajstić information content (AvgIpc) is 1.75. The van der Waals surface area contributed by atoms with Crippen LogP contribution in [0.4, 0.5) is 0 Å². The Morgan fingerprint density at radius 2 is 1.79 bits per heavy atom. The molecule has 0 atom stereocenters. The fraction of sp³-hybridized carbons (Fsp3) is 1.00. The van der Waals surface area contributed by atoms with Crippen LogP contribution in [0.2, 0.25) is 0 Å². The summed E-state index contributed by atoms with van der Waals surface area (Å²) in [4.78, 5) is 0. The first-order chi connectivity index (χ1) is 6.16. The van der Waals surface area contributed by atoms with E-state index in [2.05, 4.69) is 25.5 Å². The summed E-state index contributed by atoms with van der Waals surface area (Å²) < 4.78 is 24.5. The van der Waals surface area contributed by atoms with Crippen molar-refractivity contribution < 1.29 is 8.42 Å². The Labute approximate surface area is 87.3 Å². The molecule has 0 aromatic heterocycles. The lowest BCUT2D eigenvalue weighted by molar-refractivity contribution is 0.173. The number of rotatable bonds is 3. The van der Waals surface area contributed by atoms with Crippen LogP contribution in [0.3, 0.4) is 0 Å². The Bertz CT molecular complexity index is 284. The van der Waals surface area contributed by atoms with Crippen LogP contribution in [0.15, 0.2) is 0 Å². The smallest absolute Gasteiger partial charge is 0.208 e. The molecule has 0 aromatic rings. The molecule has 14 heavy (non-hydrogen) atoms. The van der Waals surface area contributed by atoms with Gasteiger partial charge in [-0.1, -0.05) is 20.8 Å². The van der Waals surface area contributed by atoms with Gasteiger partial charge in [-0.05, 0) is 30.6 Å². The molecule has 0 aliphatic heterocycles. The van der Waals surface area contributed by atoms with E-state index in [1.54, 1.807) is 0 Å². The first-order valence-corrected chi connectivity index (χ1v) is 7.02. The topological polar surface area (TPSA) is 46.2 Å². The predicted molar refractivity (Wildman–Crippen MR) is 58.6 cm³/mol. The molecule has 0 unspecified atom stereocenters. The summed E-state index contributed by atoms with van der Waals surface area (Å²) >= 11 is 0. The average molecular weight is 219 g/mol. The van der Waals surface area contributed by atoms with Gasteiger partial charge in [-0.25, -0.2) is 13.1 Å². The van der Waals surface area contributed by atoms with Gasteiger partial charge in [-0.2, -0.15) is 0 Å². The van der Waals surface area contributed by atoms with Gasteiger partial charge in [0.15, 0.2) is 0 Å². The van der Waals surface area contributed by atoms with E-state index in [0.29, 0.717) is 11.3 Å². The van der Waals surface area contributed by atoms with Crippen LogP contribution in [0.25, 0.3) is 0 Å². The Balaban J connectivity index is 2.25. The van der Waals surface area contributed by atoms with Gasteiger partial charge < -0.3 is 0 Å². The van der Waals surface area contributed by atoms with Crippen LogP contribution in [0, 0.1) is 11.3 Å². The predicted octanol–water partition coefficient (Wildman–Crippen LogP) is 1.75. The van der Waals surface area contributed by atoms with Crippen molar-refractivity contribution >= 4 is 10.0 Å². The molecule has 84 valence electrons. The van der Waals surface area contributed by atoms with Crippen molar-refractivity contribution in [1.82, 2.24) is 4.72 Å². The van der Waals surface area contributed by atoms with Gasteiger partial charge in [0, 0.05) is 6.04 Å². The lowest BCUT2D eigenvalue weighted by atomic mass is 9.72. The van der Waals surface area contributed by atoms with Gasteiger partial charge >= 0.3 is 0 Å². The fourth-order valence-electron chi connectivity index (χ4n) is 2.17. The molecule has 0 saturated heterocycles. The van der Waals surface area contributed by atoms with E-state index >= 15 is 0 Å². The van der Waals surface area contributed by atoms with Crippen molar-refractivity contribution in [3.05, 3.63) is 0 Å². The largest absolute Gasteiger partial charge is 0.213 e. The normalized spacial score (nSPS) is 28.6. The minimum absolute atomic E-state index is 0.192. The lowest BCUT2D eigenvalue weighted by Crippen LogP contribution is -2.44. The maximum Gasteiger partial charge on any atom is 0.208 e. The molecule has 1 aliphatic carbocycles.